The molecule has 8 rings (SSSR count). The number of carbonyl (C=O) groups is 5. The second-order valence-electron chi connectivity index (χ2n) is 15.7. The summed E-state index contributed by atoms with van der Waals surface area (Å²) in [6, 6.07) is 3.79. The summed E-state index contributed by atoms with van der Waals surface area (Å²) in [5.41, 5.74) is -3.22. The van der Waals surface area contributed by atoms with Gasteiger partial charge in [-0.2, -0.15) is 0 Å². The zero-order valence-electron chi connectivity index (χ0n) is 33.2. The lowest BCUT2D eigenvalue weighted by Gasteiger charge is -2.34. The molecule has 0 radical (unpaired) electrons. The molecule has 20 heteroatoms. The zero-order chi connectivity index (χ0) is 44.5. The Labute approximate surface area is 354 Å². The summed E-state index contributed by atoms with van der Waals surface area (Å²) in [4.78, 5) is 95.9. The van der Waals surface area contributed by atoms with E-state index in [-0.39, 0.29) is 70.6 Å². The van der Waals surface area contributed by atoms with Crippen LogP contribution in [0.4, 0.5) is 13.2 Å². The topological polar surface area (TPSA) is 212 Å². The molecular weight excluding hydrogens is 839 g/mol. The number of aromatic hydroxyl groups is 2. The van der Waals surface area contributed by atoms with Crippen molar-refractivity contribution in [3.63, 3.8) is 0 Å². The van der Waals surface area contributed by atoms with E-state index in [0.717, 1.165) is 12.1 Å². The first kappa shape index (κ1) is 42.1. The summed E-state index contributed by atoms with van der Waals surface area (Å²) in [5.74, 6) is -8.19. The van der Waals surface area contributed by atoms with Crippen LogP contribution in [0.5, 0.6) is 11.5 Å². The van der Waals surface area contributed by atoms with Crippen molar-refractivity contribution in [3.05, 3.63) is 124 Å². The number of halogens is 4. The van der Waals surface area contributed by atoms with Crippen LogP contribution in [0.1, 0.15) is 115 Å². The number of nitrogens with one attached hydrogen (secondary N) is 3. The Morgan fingerprint density at radius 1 is 0.806 bits per heavy atom. The first-order valence-electron chi connectivity index (χ1n) is 19.9. The van der Waals surface area contributed by atoms with Gasteiger partial charge in [-0.25, -0.2) is 13.2 Å². The molecule has 324 valence electrons. The number of nitrogens with zero attached hydrogens (tertiary/aromatic N) is 4. The largest absolute Gasteiger partial charge is 0.503 e. The summed E-state index contributed by atoms with van der Waals surface area (Å²) in [6.45, 7) is 2.84. The van der Waals surface area contributed by atoms with Gasteiger partial charge >= 0.3 is 0 Å². The molecule has 0 spiro atoms. The van der Waals surface area contributed by atoms with Crippen molar-refractivity contribution in [1.82, 2.24) is 34.9 Å². The molecule has 16 nitrogen and oxygen atoms in total. The smallest absolute Gasteiger partial charge is 0.274 e. The van der Waals surface area contributed by atoms with E-state index >= 15 is 4.39 Å². The van der Waals surface area contributed by atoms with E-state index in [9.17, 15) is 52.6 Å². The molecular formula is C42H39ClF3N7O9. The SMILES string of the molecule is CCN1CC2CCc3c(C(=O)NCc4ccc(CCN5CC6C[C@H](NC(C)=O)c7c(C(=O)NCc8ccc(F)cc8F)c(=O)c(O)c(n76)C5=O)c(Cl)c4F)c(=O)c(O)c(n32)C1=O. The van der Waals surface area contributed by atoms with Crippen LogP contribution in [0.2, 0.25) is 5.02 Å². The normalized spacial score (nSPS) is 18.5. The molecule has 2 unspecified atom stereocenters. The van der Waals surface area contributed by atoms with Gasteiger partial charge in [-0.1, -0.05) is 29.8 Å². The van der Waals surface area contributed by atoms with Gasteiger partial charge in [-0.3, -0.25) is 33.6 Å². The minimum Gasteiger partial charge on any atom is -0.503 e. The highest BCUT2D eigenvalue weighted by Gasteiger charge is 2.46. The number of benzene rings is 2. The third kappa shape index (κ3) is 6.93. The molecule has 0 aliphatic carbocycles. The highest BCUT2D eigenvalue weighted by molar-refractivity contribution is 6.31. The average Bonchev–Trinajstić information content (AvgIpc) is 3.80. The minimum atomic E-state index is -1.21. The molecule has 4 aliphatic heterocycles. The number of carbonyl (C=O) groups excluding carboxylic acids is 5. The Bertz CT molecular complexity index is 2780. The van der Waals surface area contributed by atoms with E-state index in [4.69, 9.17) is 11.6 Å². The molecule has 0 saturated carbocycles. The molecule has 0 saturated heterocycles. The number of rotatable bonds is 11. The van der Waals surface area contributed by atoms with Crippen molar-refractivity contribution in [2.45, 2.75) is 70.7 Å². The Balaban J connectivity index is 0.989. The fraction of sp³-hybridized carbons (Fsp3) is 0.357. The number of amides is 5. The van der Waals surface area contributed by atoms with E-state index < -0.39 is 106 Å². The third-order valence-corrected chi connectivity index (χ3v) is 12.4. The lowest BCUT2D eigenvalue weighted by Crippen LogP contribution is -2.45. The summed E-state index contributed by atoms with van der Waals surface area (Å²) in [5, 5.41) is 29.3. The molecule has 62 heavy (non-hydrogen) atoms. The van der Waals surface area contributed by atoms with Crippen LogP contribution in [0.15, 0.2) is 39.9 Å². The van der Waals surface area contributed by atoms with Gasteiger partial charge in [0, 0.05) is 69.1 Å². The molecule has 2 aromatic carbocycles. The molecule has 6 heterocycles. The molecule has 0 fully saturated rings. The lowest BCUT2D eigenvalue weighted by molar-refractivity contribution is -0.119. The Morgan fingerprint density at radius 2 is 1.40 bits per heavy atom. The Morgan fingerprint density at radius 3 is 2.08 bits per heavy atom. The van der Waals surface area contributed by atoms with Gasteiger partial charge in [0.25, 0.3) is 23.6 Å². The van der Waals surface area contributed by atoms with E-state index in [2.05, 4.69) is 16.0 Å². The quantitative estimate of drug-likeness (QED) is 0.150. The number of hydrogen-bond acceptors (Lipinski definition) is 9. The molecule has 4 aliphatic rings. The summed E-state index contributed by atoms with van der Waals surface area (Å²) in [7, 11) is 0. The van der Waals surface area contributed by atoms with Crippen molar-refractivity contribution >= 4 is 41.1 Å². The molecule has 5 amide bonds. The summed E-state index contributed by atoms with van der Waals surface area (Å²) < 4.78 is 46.4. The Hall–Kier alpha value is -6.63. The van der Waals surface area contributed by atoms with Crippen molar-refractivity contribution < 1.29 is 47.4 Å². The standard InChI is InChI=1S/C42H39ClF3N7O9/c1-3-50-16-23-8-9-27-28(35(55)37(57)33(41(50)61)52(23)27)39(59)48-15-21-5-4-19(30(43)31(21)46)10-11-51-17-24-13-26(49-18(2)54)32-29(36(56)38(58)34(42(51)62)53(24)32)40(60)47-14-20-6-7-22(44)12-25(20)45/h4-7,12,23-24,26,57-58H,3,8-11,13-17H2,1-2H3,(H,47,60)(H,48,59)(H,49,54)/t23?,24?,26-/m0/s1. The number of hydrogen-bond donors (Lipinski definition) is 5. The predicted octanol–water partition coefficient (Wildman–Crippen LogP) is 3.14. The lowest BCUT2D eigenvalue weighted by atomic mass is 10.0. The summed E-state index contributed by atoms with van der Waals surface area (Å²) in [6.07, 6.45) is 0.969. The van der Waals surface area contributed by atoms with Gasteiger partial charge in [0.1, 0.15) is 28.6 Å². The highest BCUT2D eigenvalue weighted by atomic mass is 35.5. The van der Waals surface area contributed by atoms with Crippen LogP contribution < -0.4 is 26.8 Å². The first-order chi connectivity index (χ1) is 29.5. The van der Waals surface area contributed by atoms with Gasteiger partial charge in [-0.05, 0) is 44.2 Å². The third-order valence-electron chi connectivity index (χ3n) is 12.0. The average molecular weight is 878 g/mol. The van der Waals surface area contributed by atoms with E-state index in [1.165, 1.54) is 33.4 Å². The van der Waals surface area contributed by atoms with E-state index in [0.29, 0.717) is 37.7 Å². The maximum absolute atomic E-state index is 15.8. The van der Waals surface area contributed by atoms with Gasteiger partial charge in [0.15, 0.2) is 22.9 Å². The number of likely N-dealkylation sites (N-methyl/N-ethyl adjacent to an activating group) is 1. The Kier molecular flexibility index (Phi) is 10.9. The maximum atomic E-state index is 15.8. The maximum Gasteiger partial charge on any atom is 0.274 e. The fourth-order valence-corrected chi connectivity index (χ4v) is 9.40. The van der Waals surface area contributed by atoms with E-state index in [1.54, 1.807) is 11.5 Å². The number of pyridine rings is 2. The van der Waals surface area contributed by atoms with Gasteiger partial charge in [0.05, 0.1) is 28.8 Å². The van der Waals surface area contributed by atoms with Crippen LogP contribution in [0, 0.1) is 17.5 Å². The van der Waals surface area contributed by atoms with Gasteiger partial charge in [0.2, 0.25) is 16.8 Å². The van der Waals surface area contributed by atoms with Gasteiger partial charge in [-0.15, -0.1) is 0 Å². The van der Waals surface area contributed by atoms with Crippen LogP contribution in [-0.4, -0.2) is 84.9 Å². The second kappa shape index (κ2) is 16.0. The monoisotopic (exact) mass is 877 g/mol. The molecule has 2 aromatic heterocycles. The van der Waals surface area contributed by atoms with Crippen molar-refractivity contribution in [1.29, 1.82) is 0 Å². The predicted molar refractivity (Wildman–Crippen MR) is 214 cm³/mol. The zero-order valence-corrected chi connectivity index (χ0v) is 34.0. The van der Waals surface area contributed by atoms with E-state index in [1.807, 2.05) is 0 Å². The first-order valence-corrected chi connectivity index (χ1v) is 20.2. The minimum absolute atomic E-state index is 0.00185. The van der Waals surface area contributed by atoms with Crippen molar-refractivity contribution in [2.75, 3.05) is 26.2 Å². The van der Waals surface area contributed by atoms with Gasteiger partial charge < -0.3 is 45.1 Å². The molecule has 5 N–H and O–H groups in total. The van der Waals surface area contributed by atoms with Crippen LogP contribution >= 0.6 is 11.6 Å². The van der Waals surface area contributed by atoms with Crippen molar-refractivity contribution in [2.24, 2.45) is 0 Å². The molecule has 4 aromatic rings. The van der Waals surface area contributed by atoms with Crippen LogP contribution in [-0.2, 0) is 30.7 Å². The fourth-order valence-electron chi connectivity index (χ4n) is 9.13. The van der Waals surface area contributed by atoms with Crippen LogP contribution in [0.3, 0.4) is 0 Å². The second-order valence-corrected chi connectivity index (χ2v) is 16.0. The summed E-state index contributed by atoms with van der Waals surface area (Å²) >= 11 is 6.47. The van der Waals surface area contributed by atoms with Crippen LogP contribution in [0.25, 0.3) is 0 Å². The number of aromatic nitrogens is 2. The van der Waals surface area contributed by atoms with Crippen molar-refractivity contribution in [3.8, 4) is 11.5 Å². The molecule has 3 atom stereocenters. The highest BCUT2D eigenvalue weighted by Crippen LogP contribution is 2.43. The molecule has 0 bridgehead atoms.